The van der Waals surface area contributed by atoms with Crippen molar-refractivity contribution >= 4 is 12.1 Å². The molecule has 1 N–H and O–H groups in total. The molecule has 0 aliphatic carbocycles. The molecular weight excluding hydrogens is 278 g/mol. The van der Waals surface area contributed by atoms with E-state index in [-0.39, 0.29) is 12.6 Å². The predicted octanol–water partition coefficient (Wildman–Crippen LogP) is 1.62. The molecule has 1 amide bonds. The lowest BCUT2D eigenvalue weighted by atomic mass is 10.1. The summed E-state index contributed by atoms with van der Waals surface area (Å²) in [6.45, 7) is 5.80. The molecule has 1 atom stereocenters. The first-order valence-corrected chi connectivity index (χ1v) is 6.82. The smallest absolute Gasteiger partial charge is 0.407 e. The second-order valence-corrected chi connectivity index (χ2v) is 4.28. The lowest BCUT2D eigenvalue weighted by Gasteiger charge is -2.30. The molecule has 0 aromatic heterocycles. The number of carbonyl (C=O) groups is 2. The second-order valence-electron chi connectivity index (χ2n) is 4.28. The van der Waals surface area contributed by atoms with Crippen LogP contribution >= 0.6 is 0 Å². The van der Waals surface area contributed by atoms with Crippen LogP contribution in [0, 0.1) is 0 Å². The zero-order valence-corrected chi connectivity index (χ0v) is 13.3. The lowest BCUT2D eigenvalue weighted by Crippen LogP contribution is -2.42. The van der Waals surface area contributed by atoms with Crippen LogP contribution in [0.15, 0.2) is 12.2 Å². The van der Waals surface area contributed by atoms with Crippen molar-refractivity contribution in [2.75, 3.05) is 27.4 Å². The van der Waals surface area contributed by atoms with E-state index in [0.29, 0.717) is 13.0 Å². The van der Waals surface area contributed by atoms with Gasteiger partial charge in [0.2, 0.25) is 0 Å². The van der Waals surface area contributed by atoms with Crippen LogP contribution in [0.1, 0.15) is 27.2 Å². The zero-order valence-electron chi connectivity index (χ0n) is 13.3. The van der Waals surface area contributed by atoms with Gasteiger partial charge in [-0.25, -0.2) is 9.59 Å². The maximum atomic E-state index is 11.4. The van der Waals surface area contributed by atoms with E-state index in [1.54, 1.807) is 20.8 Å². The number of hydrogen-bond donors (Lipinski definition) is 1. The number of nitrogens with one attached hydrogen (secondary N) is 1. The Kier molecular flexibility index (Phi) is 9.40. The summed E-state index contributed by atoms with van der Waals surface area (Å²) in [4.78, 5) is 22.7. The van der Waals surface area contributed by atoms with Crippen molar-refractivity contribution in [3.8, 4) is 0 Å². The van der Waals surface area contributed by atoms with Crippen LogP contribution in [0.2, 0.25) is 0 Å². The largest absolute Gasteiger partial charge is 0.463 e. The van der Waals surface area contributed by atoms with Crippen LogP contribution in [0.5, 0.6) is 0 Å². The van der Waals surface area contributed by atoms with E-state index >= 15 is 0 Å². The molecule has 21 heavy (non-hydrogen) atoms. The van der Waals surface area contributed by atoms with Gasteiger partial charge in [0.15, 0.2) is 5.79 Å². The normalized spacial score (nSPS) is 13.0. The molecule has 7 heteroatoms. The van der Waals surface area contributed by atoms with E-state index in [9.17, 15) is 9.59 Å². The average molecular weight is 303 g/mol. The minimum atomic E-state index is -1.13. The van der Waals surface area contributed by atoms with Gasteiger partial charge in [-0.2, -0.15) is 0 Å². The summed E-state index contributed by atoms with van der Waals surface area (Å²) in [5, 5.41) is 2.65. The fourth-order valence-electron chi connectivity index (χ4n) is 1.69. The predicted molar refractivity (Wildman–Crippen MR) is 76.8 cm³/mol. The highest BCUT2D eigenvalue weighted by atomic mass is 16.7. The summed E-state index contributed by atoms with van der Waals surface area (Å²) in [5.74, 6) is -1.62. The molecule has 0 aliphatic rings. The van der Waals surface area contributed by atoms with E-state index in [1.165, 1.54) is 26.4 Å². The van der Waals surface area contributed by atoms with E-state index < -0.39 is 17.8 Å². The Morgan fingerprint density at radius 1 is 1.14 bits per heavy atom. The number of carbonyl (C=O) groups excluding carboxylic acids is 2. The fourth-order valence-corrected chi connectivity index (χ4v) is 1.69. The number of amides is 1. The van der Waals surface area contributed by atoms with Crippen molar-refractivity contribution < 1.29 is 28.5 Å². The van der Waals surface area contributed by atoms with Gasteiger partial charge < -0.3 is 24.3 Å². The van der Waals surface area contributed by atoms with E-state index in [4.69, 9.17) is 18.9 Å². The van der Waals surface area contributed by atoms with Crippen molar-refractivity contribution in [3.05, 3.63) is 12.2 Å². The van der Waals surface area contributed by atoms with Crippen molar-refractivity contribution in [2.45, 2.75) is 39.0 Å². The highest BCUT2D eigenvalue weighted by molar-refractivity contribution is 5.82. The Balaban J connectivity index is 4.71. The quantitative estimate of drug-likeness (QED) is 0.396. The van der Waals surface area contributed by atoms with Gasteiger partial charge in [-0.3, -0.25) is 0 Å². The molecule has 0 bridgehead atoms. The highest BCUT2D eigenvalue weighted by Gasteiger charge is 2.30. The summed E-state index contributed by atoms with van der Waals surface area (Å²) in [7, 11) is 2.91. The maximum absolute atomic E-state index is 11.4. The first-order valence-electron chi connectivity index (χ1n) is 6.82. The fraction of sp³-hybridized carbons (Fsp3) is 0.714. The van der Waals surface area contributed by atoms with Gasteiger partial charge in [0.05, 0.1) is 13.2 Å². The molecule has 122 valence electrons. The van der Waals surface area contributed by atoms with Gasteiger partial charge >= 0.3 is 12.1 Å². The Morgan fingerprint density at radius 2 is 1.71 bits per heavy atom. The lowest BCUT2D eigenvalue weighted by molar-refractivity contribution is -0.177. The van der Waals surface area contributed by atoms with Gasteiger partial charge in [0.25, 0.3) is 0 Å². The van der Waals surface area contributed by atoms with Crippen molar-refractivity contribution in [2.24, 2.45) is 0 Å². The number of ether oxygens (including phenoxy) is 4. The van der Waals surface area contributed by atoms with Crippen LogP contribution in [0.4, 0.5) is 4.79 Å². The number of esters is 1. The molecule has 0 saturated heterocycles. The SMILES string of the molecule is CCOC(=O)/C=C\C(C[C@@H](C)NC(=O)OCC)(OC)OC. The number of methoxy groups -OCH3 is 2. The minimum absolute atomic E-state index is 0.282. The Morgan fingerprint density at radius 3 is 2.19 bits per heavy atom. The molecule has 0 spiro atoms. The zero-order chi connectivity index (χ0) is 16.3. The van der Waals surface area contributed by atoms with E-state index in [2.05, 4.69) is 5.32 Å². The van der Waals surface area contributed by atoms with Gasteiger partial charge in [-0.1, -0.05) is 0 Å². The van der Waals surface area contributed by atoms with Crippen LogP contribution in [0.3, 0.4) is 0 Å². The molecule has 7 nitrogen and oxygen atoms in total. The van der Waals surface area contributed by atoms with Crippen molar-refractivity contribution in [1.82, 2.24) is 5.32 Å². The van der Waals surface area contributed by atoms with Gasteiger partial charge in [0, 0.05) is 32.8 Å². The van der Waals surface area contributed by atoms with Gasteiger partial charge in [-0.05, 0) is 26.8 Å². The Hall–Kier alpha value is -1.60. The molecule has 0 fully saturated rings. The third-order valence-electron chi connectivity index (χ3n) is 2.68. The third kappa shape index (κ3) is 7.67. The van der Waals surface area contributed by atoms with Crippen molar-refractivity contribution in [1.29, 1.82) is 0 Å². The number of rotatable bonds is 9. The topological polar surface area (TPSA) is 83.1 Å². The number of alkyl carbamates (subject to hydrolysis) is 1. The monoisotopic (exact) mass is 303 g/mol. The van der Waals surface area contributed by atoms with Crippen LogP contribution < -0.4 is 5.32 Å². The molecule has 0 aromatic carbocycles. The Labute approximate surface area is 125 Å². The van der Waals surface area contributed by atoms with Gasteiger partial charge in [-0.15, -0.1) is 0 Å². The van der Waals surface area contributed by atoms with E-state index in [1.807, 2.05) is 0 Å². The minimum Gasteiger partial charge on any atom is -0.463 e. The van der Waals surface area contributed by atoms with Crippen LogP contribution in [0.25, 0.3) is 0 Å². The number of hydrogen-bond acceptors (Lipinski definition) is 6. The first-order chi connectivity index (χ1) is 9.92. The summed E-state index contributed by atoms with van der Waals surface area (Å²) >= 11 is 0. The molecule has 0 heterocycles. The summed E-state index contributed by atoms with van der Waals surface area (Å²) in [5.41, 5.74) is 0. The summed E-state index contributed by atoms with van der Waals surface area (Å²) in [6, 6.07) is -0.282. The molecule has 0 saturated carbocycles. The van der Waals surface area contributed by atoms with E-state index in [0.717, 1.165) is 0 Å². The molecule has 0 unspecified atom stereocenters. The molecule has 0 rings (SSSR count). The summed E-state index contributed by atoms with van der Waals surface area (Å²) in [6.07, 6.45) is 2.50. The molecule has 0 aliphatic heterocycles. The second kappa shape index (κ2) is 10.2. The maximum Gasteiger partial charge on any atom is 0.407 e. The average Bonchev–Trinajstić information content (AvgIpc) is 2.44. The standard InChI is InChI=1S/C14H25NO6/c1-6-20-12(16)8-9-14(18-4,19-5)10-11(3)15-13(17)21-7-2/h8-9,11H,6-7,10H2,1-5H3,(H,15,17)/b9-8-/t11-/m1/s1. The van der Waals surface area contributed by atoms with Gasteiger partial charge in [0.1, 0.15) is 0 Å². The molecule has 0 aromatic rings. The van der Waals surface area contributed by atoms with Crippen LogP contribution in [-0.4, -0.2) is 51.3 Å². The highest BCUT2D eigenvalue weighted by Crippen LogP contribution is 2.20. The molecule has 0 radical (unpaired) electrons. The molecular formula is C14H25NO6. The summed E-state index contributed by atoms with van der Waals surface area (Å²) < 4.78 is 20.2. The first kappa shape index (κ1) is 19.4. The third-order valence-corrected chi connectivity index (χ3v) is 2.68. The Bertz CT molecular complexity index is 351. The van der Waals surface area contributed by atoms with Crippen molar-refractivity contribution in [3.63, 3.8) is 0 Å². The van der Waals surface area contributed by atoms with Crippen LogP contribution in [-0.2, 0) is 23.7 Å².